The third kappa shape index (κ3) is 3.96. The van der Waals surface area contributed by atoms with Crippen LogP contribution in [-0.4, -0.2) is 38.4 Å². The first kappa shape index (κ1) is 15.8. The highest BCUT2D eigenvalue weighted by Crippen LogP contribution is 2.25. The maximum Gasteiger partial charge on any atom is 0.160 e. The second-order valence-corrected chi connectivity index (χ2v) is 5.16. The van der Waals surface area contributed by atoms with Crippen LogP contribution in [0.25, 0.3) is 0 Å². The molecule has 1 aliphatic heterocycles. The molecule has 0 bridgehead atoms. The third-order valence-electron chi connectivity index (χ3n) is 3.82. The number of rotatable bonds is 7. The highest BCUT2D eigenvalue weighted by molar-refractivity contribution is 5.25. The highest BCUT2D eigenvalue weighted by Gasteiger charge is 2.28. The minimum Gasteiger partial charge on any atom is -0.491 e. The van der Waals surface area contributed by atoms with Gasteiger partial charge in [-0.05, 0) is 18.4 Å². The van der Waals surface area contributed by atoms with Crippen molar-refractivity contribution in [1.29, 1.82) is 0 Å². The molecule has 0 spiro atoms. The van der Waals surface area contributed by atoms with Crippen molar-refractivity contribution < 1.29 is 9.47 Å². The van der Waals surface area contributed by atoms with E-state index in [0.29, 0.717) is 11.8 Å². The van der Waals surface area contributed by atoms with E-state index in [0.717, 1.165) is 25.1 Å². The first-order valence-corrected chi connectivity index (χ1v) is 7.30. The summed E-state index contributed by atoms with van der Waals surface area (Å²) in [7, 11) is 3.40. The molecule has 4 nitrogen and oxygen atoms in total. The van der Waals surface area contributed by atoms with Gasteiger partial charge >= 0.3 is 0 Å². The normalized spacial score (nSPS) is 20.0. The lowest BCUT2D eigenvalue weighted by molar-refractivity contribution is 0.0667. The molecule has 21 heavy (non-hydrogen) atoms. The number of hydrazine groups is 1. The minimum absolute atomic E-state index is 0.0776. The smallest absolute Gasteiger partial charge is 0.160 e. The van der Waals surface area contributed by atoms with E-state index in [4.69, 9.17) is 9.47 Å². The number of nitrogens with zero attached hydrogens (tertiary/aromatic N) is 1. The van der Waals surface area contributed by atoms with Crippen LogP contribution in [0, 0.1) is 0 Å². The Morgan fingerprint density at radius 1 is 1.43 bits per heavy atom. The molecule has 1 fully saturated rings. The van der Waals surface area contributed by atoms with Gasteiger partial charge in [-0.2, -0.15) is 0 Å². The first-order valence-electron chi connectivity index (χ1n) is 7.30. The van der Waals surface area contributed by atoms with Crippen LogP contribution in [0.2, 0.25) is 0 Å². The molecule has 114 valence electrons. The maximum absolute atomic E-state index is 5.44. The van der Waals surface area contributed by atoms with Gasteiger partial charge in [0.2, 0.25) is 0 Å². The molecule has 0 aromatic heterocycles. The maximum atomic E-state index is 5.44. The second kappa shape index (κ2) is 8.01. The van der Waals surface area contributed by atoms with Gasteiger partial charge in [-0.3, -0.25) is 0 Å². The van der Waals surface area contributed by atoms with Crippen molar-refractivity contribution in [2.45, 2.75) is 24.9 Å². The number of hydrogen-bond acceptors (Lipinski definition) is 4. The van der Waals surface area contributed by atoms with Gasteiger partial charge in [-0.15, -0.1) is 0 Å². The number of methoxy groups -OCH3 is 2. The SMILES string of the molecule is C=C=C(OC)[C@@H](NN1CCC[C@H]1COC)c1ccccc1. The van der Waals surface area contributed by atoms with Gasteiger partial charge in [0, 0.05) is 19.7 Å². The predicted molar refractivity (Wildman–Crippen MR) is 83.6 cm³/mol. The molecule has 1 aliphatic rings. The number of hydrogen-bond donors (Lipinski definition) is 1. The Balaban J connectivity index is 2.18. The van der Waals surface area contributed by atoms with Crippen molar-refractivity contribution in [3.63, 3.8) is 0 Å². The standard InChI is InChI=1S/C17H24N2O2/c1-4-16(21-3)17(14-9-6-5-7-10-14)18-19-12-8-11-15(19)13-20-2/h5-7,9-10,15,17-18H,1,8,11-13H2,2-3H3/t15-,17-/m0/s1. The Labute approximate surface area is 127 Å². The summed E-state index contributed by atoms with van der Waals surface area (Å²) in [5, 5.41) is 2.25. The molecule has 0 saturated carbocycles. The summed E-state index contributed by atoms with van der Waals surface area (Å²) in [6.07, 6.45) is 2.31. The Kier molecular flexibility index (Phi) is 6.03. The minimum atomic E-state index is -0.0776. The molecule has 2 atom stereocenters. The van der Waals surface area contributed by atoms with E-state index in [1.165, 1.54) is 6.42 Å². The van der Waals surface area contributed by atoms with Crippen LogP contribution in [0.1, 0.15) is 24.4 Å². The van der Waals surface area contributed by atoms with Crippen molar-refractivity contribution in [2.75, 3.05) is 27.4 Å². The van der Waals surface area contributed by atoms with Crippen LogP contribution in [0.5, 0.6) is 0 Å². The molecule has 2 rings (SSSR count). The lowest BCUT2D eigenvalue weighted by Crippen LogP contribution is -2.46. The van der Waals surface area contributed by atoms with Crippen LogP contribution in [-0.2, 0) is 9.47 Å². The number of benzene rings is 1. The van der Waals surface area contributed by atoms with E-state index in [2.05, 4.69) is 34.9 Å². The van der Waals surface area contributed by atoms with Crippen molar-refractivity contribution in [2.24, 2.45) is 0 Å². The largest absolute Gasteiger partial charge is 0.491 e. The Bertz CT molecular complexity index is 483. The average molecular weight is 288 g/mol. The molecule has 0 unspecified atom stereocenters. The van der Waals surface area contributed by atoms with Crippen molar-refractivity contribution in [3.05, 3.63) is 54.0 Å². The molecule has 4 heteroatoms. The summed E-state index contributed by atoms with van der Waals surface area (Å²) in [5.74, 6) is 0.698. The Morgan fingerprint density at radius 2 is 2.19 bits per heavy atom. The lowest BCUT2D eigenvalue weighted by Gasteiger charge is -2.30. The molecule has 1 saturated heterocycles. The summed E-state index contributed by atoms with van der Waals surface area (Å²) in [4.78, 5) is 0. The van der Waals surface area contributed by atoms with Gasteiger partial charge < -0.3 is 9.47 Å². The van der Waals surface area contributed by atoms with Crippen LogP contribution in [0.4, 0.5) is 0 Å². The highest BCUT2D eigenvalue weighted by atomic mass is 16.5. The van der Waals surface area contributed by atoms with Gasteiger partial charge in [-0.1, -0.05) is 42.6 Å². The molecule has 0 radical (unpaired) electrons. The average Bonchev–Trinajstić information content (AvgIpc) is 2.96. The van der Waals surface area contributed by atoms with Crippen LogP contribution < -0.4 is 5.43 Å². The van der Waals surface area contributed by atoms with E-state index in [9.17, 15) is 0 Å². The van der Waals surface area contributed by atoms with Crippen molar-refractivity contribution in [3.8, 4) is 0 Å². The van der Waals surface area contributed by atoms with E-state index in [-0.39, 0.29) is 6.04 Å². The summed E-state index contributed by atoms with van der Waals surface area (Å²) in [6.45, 7) is 5.47. The van der Waals surface area contributed by atoms with E-state index in [1.54, 1.807) is 14.2 Å². The fourth-order valence-electron chi connectivity index (χ4n) is 2.76. The Hall–Kier alpha value is -1.58. The first-order chi connectivity index (χ1) is 10.3. The molecule has 1 aromatic rings. The van der Waals surface area contributed by atoms with Gasteiger partial charge in [0.25, 0.3) is 0 Å². The monoisotopic (exact) mass is 288 g/mol. The fourth-order valence-corrected chi connectivity index (χ4v) is 2.76. The molecule has 0 amide bonds. The third-order valence-corrected chi connectivity index (χ3v) is 3.82. The second-order valence-electron chi connectivity index (χ2n) is 5.16. The van der Waals surface area contributed by atoms with Crippen LogP contribution in [0.15, 0.2) is 48.4 Å². The Morgan fingerprint density at radius 3 is 2.81 bits per heavy atom. The zero-order valence-corrected chi connectivity index (χ0v) is 12.8. The van der Waals surface area contributed by atoms with Gasteiger partial charge in [0.05, 0.1) is 13.7 Å². The molecular formula is C17H24N2O2. The van der Waals surface area contributed by atoms with Crippen LogP contribution >= 0.6 is 0 Å². The topological polar surface area (TPSA) is 33.7 Å². The molecule has 1 N–H and O–H groups in total. The van der Waals surface area contributed by atoms with Crippen molar-refractivity contribution in [1.82, 2.24) is 10.4 Å². The van der Waals surface area contributed by atoms with Gasteiger partial charge in [-0.25, -0.2) is 10.4 Å². The van der Waals surface area contributed by atoms with Crippen molar-refractivity contribution >= 4 is 0 Å². The molecule has 0 aliphatic carbocycles. The van der Waals surface area contributed by atoms with E-state index < -0.39 is 0 Å². The van der Waals surface area contributed by atoms with E-state index in [1.807, 2.05) is 18.2 Å². The van der Waals surface area contributed by atoms with Gasteiger partial charge in [0.15, 0.2) is 5.76 Å². The van der Waals surface area contributed by atoms with Gasteiger partial charge in [0.1, 0.15) is 6.04 Å². The molecule has 1 heterocycles. The molecule has 1 aromatic carbocycles. The summed E-state index contributed by atoms with van der Waals surface area (Å²) < 4.78 is 10.8. The fraction of sp³-hybridized carbons (Fsp3) is 0.471. The van der Waals surface area contributed by atoms with Crippen LogP contribution in [0.3, 0.4) is 0 Å². The molecular weight excluding hydrogens is 264 g/mol. The zero-order chi connectivity index (χ0) is 15.1. The summed E-state index contributed by atoms with van der Waals surface area (Å²) in [5.41, 5.74) is 7.59. The zero-order valence-electron chi connectivity index (χ0n) is 12.8. The van der Waals surface area contributed by atoms with E-state index >= 15 is 0 Å². The summed E-state index contributed by atoms with van der Waals surface area (Å²) in [6, 6.07) is 10.5. The predicted octanol–water partition coefficient (Wildman–Crippen LogP) is 2.66. The number of ether oxygens (including phenoxy) is 2. The number of nitrogens with one attached hydrogen (secondary N) is 1. The summed E-state index contributed by atoms with van der Waals surface area (Å²) >= 11 is 0. The quantitative estimate of drug-likeness (QED) is 0.618. The lowest BCUT2D eigenvalue weighted by atomic mass is 10.1.